The molecular formula is C14H23NO2. The first-order valence-corrected chi connectivity index (χ1v) is 6.19. The molecule has 0 aliphatic carbocycles. The predicted molar refractivity (Wildman–Crippen MR) is 70.0 cm³/mol. The van der Waals surface area contributed by atoms with Crippen molar-refractivity contribution in [2.75, 3.05) is 26.9 Å². The molecule has 0 heterocycles. The van der Waals surface area contributed by atoms with E-state index in [9.17, 15) is 5.11 Å². The zero-order chi connectivity index (χ0) is 12.6. The van der Waals surface area contributed by atoms with E-state index in [2.05, 4.69) is 24.4 Å². The fourth-order valence-electron chi connectivity index (χ4n) is 2.10. The summed E-state index contributed by atoms with van der Waals surface area (Å²) in [7, 11) is 1.70. The van der Waals surface area contributed by atoms with Gasteiger partial charge in [-0.15, -0.1) is 0 Å². The molecule has 1 unspecified atom stereocenters. The van der Waals surface area contributed by atoms with E-state index in [0.717, 1.165) is 13.0 Å². The van der Waals surface area contributed by atoms with Gasteiger partial charge in [-0.3, -0.25) is 0 Å². The lowest BCUT2D eigenvalue weighted by Crippen LogP contribution is -2.47. The highest BCUT2D eigenvalue weighted by molar-refractivity contribution is 5.24. The molecule has 17 heavy (non-hydrogen) atoms. The highest BCUT2D eigenvalue weighted by atomic mass is 16.5. The molecule has 0 fully saturated rings. The van der Waals surface area contributed by atoms with E-state index in [-0.39, 0.29) is 12.1 Å². The number of hydrogen-bond donors (Lipinski definition) is 2. The molecule has 1 rings (SSSR count). The monoisotopic (exact) mass is 237 g/mol. The molecule has 0 saturated heterocycles. The largest absolute Gasteiger partial charge is 0.396 e. The Morgan fingerprint density at radius 2 is 2.00 bits per heavy atom. The quantitative estimate of drug-likeness (QED) is 0.725. The average molecular weight is 237 g/mol. The molecule has 0 aromatic heterocycles. The molecule has 0 spiro atoms. The second kappa shape index (κ2) is 7.43. The van der Waals surface area contributed by atoms with Gasteiger partial charge in [-0.05, 0) is 24.9 Å². The molecule has 0 aliphatic rings. The van der Waals surface area contributed by atoms with Crippen molar-refractivity contribution in [2.45, 2.75) is 25.3 Å². The van der Waals surface area contributed by atoms with Crippen LogP contribution in [-0.2, 0) is 10.3 Å². The number of nitrogens with one attached hydrogen (secondary N) is 1. The number of ether oxygens (including phenoxy) is 1. The predicted octanol–water partition coefficient (Wildman–Crippen LogP) is 1.91. The number of rotatable bonds is 8. The summed E-state index contributed by atoms with van der Waals surface area (Å²) < 4.78 is 5.34. The van der Waals surface area contributed by atoms with Gasteiger partial charge in [0.05, 0.1) is 12.1 Å². The van der Waals surface area contributed by atoms with E-state index in [0.29, 0.717) is 13.0 Å². The highest BCUT2D eigenvalue weighted by Crippen LogP contribution is 2.25. The van der Waals surface area contributed by atoms with E-state index >= 15 is 0 Å². The lowest BCUT2D eigenvalue weighted by atomic mass is 9.87. The minimum absolute atomic E-state index is 0.148. The standard InChI is InChI=1S/C14H23NO2/c1-3-10-15-14(9-11-16,12-17-2)13-7-5-4-6-8-13/h4-8,15-16H,3,9-12H2,1-2H3. The molecule has 1 aromatic rings. The van der Waals surface area contributed by atoms with Crippen molar-refractivity contribution in [1.29, 1.82) is 0 Å². The first kappa shape index (κ1) is 14.2. The van der Waals surface area contributed by atoms with E-state index in [1.807, 2.05) is 18.2 Å². The maximum atomic E-state index is 9.29. The fraction of sp³-hybridized carbons (Fsp3) is 0.571. The Kier molecular flexibility index (Phi) is 6.19. The Morgan fingerprint density at radius 1 is 1.29 bits per heavy atom. The van der Waals surface area contributed by atoms with Crippen LogP contribution in [0.1, 0.15) is 25.3 Å². The van der Waals surface area contributed by atoms with Crippen LogP contribution in [0.4, 0.5) is 0 Å². The van der Waals surface area contributed by atoms with E-state index in [4.69, 9.17) is 4.74 Å². The minimum Gasteiger partial charge on any atom is -0.396 e. The van der Waals surface area contributed by atoms with Gasteiger partial charge in [-0.2, -0.15) is 0 Å². The zero-order valence-electron chi connectivity index (χ0n) is 10.8. The van der Waals surface area contributed by atoms with Crippen molar-refractivity contribution in [1.82, 2.24) is 5.32 Å². The van der Waals surface area contributed by atoms with Gasteiger partial charge >= 0.3 is 0 Å². The average Bonchev–Trinajstić information content (AvgIpc) is 2.37. The molecule has 3 nitrogen and oxygen atoms in total. The van der Waals surface area contributed by atoms with Gasteiger partial charge in [0.2, 0.25) is 0 Å². The second-order valence-corrected chi connectivity index (χ2v) is 4.28. The Bertz CT molecular complexity index is 294. The molecule has 0 amide bonds. The molecular weight excluding hydrogens is 214 g/mol. The summed E-state index contributed by atoms with van der Waals surface area (Å²) >= 11 is 0. The van der Waals surface area contributed by atoms with Crippen LogP contribution in [0, 0.1) is 0 Å². The molecule has 0 bridgehead atoms. The number of methoxy groups -OCH3 is 1. The molecule has 0 saturated carbocycles. The van der Waals surface area contributed by atoms with E-state index in [1.165, 1.54) is 5.56 Å². The van der Waals surface area contributed by atoms with Gasteiger partial charge in [-0.25, -0.2) is 0 Å². The van der Waals surface area contributed by atoms with Crippen LogP contribution in [0.3, 0.4) is 0 Å². The van der Waals surface area contributed by atoms with Crippen LogP contribution in [0.2, 0.25) is 0 Å². The molecule has 1 aromatic carbocycles. The Morgan fingerprint density at radius 3 is 2.53 bits per heavy atom. The summed E-state index contributed by atoms with van der Waals surface area (Å²) in [4.78, 5) is 0. The summed E-state index contributed by atoms with van der Waals surface area (Å²) in [6.45, 7) is 3.76. The number of hydrogen-bond acceptors (Lipinski definition) is 3. The normalized spacial score (nSPS) is 14.5. The fourth-order valence-corrected chi connectivity index (χ4v) is 2.10. The van der Waals surface area contributed by atoms with Gasteiger partial charge < -0.3 is 15.2 Å². The van der Waals surface area contributed by atoms with Gasteiger partial charge in [0.25, 0.3) is 0 Å². The summed E-state index contributed by atoms with van der Waals surface area (Å²) in [6.07, 6.45) is 1.72. The third-order valence-corrected chi connectivity index (χ3v) is 2.97. The van der Waals surface area contributed by atoms with E-state index < -0.39 is 0 Å². The third kappa shape index (κ3) is 3.80. The topological polar surface area (TPSA) is 41.5 Å². The smallest absolute Gasteiger partial charge is 0.0693 e. The van der Waals surface area contributed by atoms with Crippen LogP contribution < -0.4 is 5.32 Å². The first-order valence-electron chi connectivity index (χ1n) is 6.19. The lowest BCUT2D eigenvalue weighted by Gasteiger charge is -2.34. The molecule has 3 heteroatoms. The molecule has 96 valence electrons. The SMILES string of the molecule is CCCNC(CCO)(COC)c1ccccc1. The Hall–Kier alpha value is -0.900. The molecule has 1 atom stereocenters. The Labute approximate surface area is 104 Å². The second-order valence-electron chi connectivity index (χ2n) is 4.28. The van der Waals surface area contributed by atoms with Crippen molar-refractivity contribution in [2.24, 2.45) is 0 Å². The van der Waals surface area contributed by atoms with Crippen LogP contribution in [-0.4, -0.2) is 32.0 Å². The summed E-state index contributed by atoms with van der Waals surface area (Å²) in [5.41, 5.74) is 0.894. The van der Waals surface area contributed by atoms with Crippen molar-refractivity contribution in [3.05, 3.63) is 35.9 Å². The van der Waals surface area contributed by atoms with Gasteiger partial charge in [0.15, 0.2) is 0 Å². The maximum absolute atomic E-state index is 9.29. The van der Waals surface area contributed by atoms with Gasteiger partial charge in [0, 0.05) is 13.7 Å². The van der Waals surface area contributed by atoms with Crippen LogP contribution >= 0.6 is 0 Å². The summed E-state index contributed by atoms with van der Waals surface area (Å²) in [5.74, 6) is 0. The van der Waals surface area contributed by atoms with E-state index in [1.54, 1.807) is 7.11 Å². The first-order chi connectivity index (χ1) is 8.29. The Balaban J connectivity index is 2.95. The van der Waals surface area contributed by atoms with Crippen molar-refractivity contribution in [3.63, 3.8) is 0 Å². The zero-order valence-corrected chi connectivity index (χ0v) is 10.8. The van der Waals surface area contributed by atoms with Gasteiger partial charge in [0.1, 0.15) is 0 Å². The van der Waals surface area contributed by atoms with Crippen LogP contribution in [0.25, 0.3) is 0 Å². The molecule has 0 radical (unpaired) electrons. The van der Waals surface area contributed by atoms with Crippen molar-refractivity contribution >= 4 is 0 Å². The summed E-state index contributed by atoms with van der Waals surface area (Å²) in [6, 6.07) is 10.2. The highest BCUT2D eigenvalue weighted by Gasteiger charge is 2.30. The number of aliphatic hydroxyl groups is 1. The van der Waals surface area contributed by atoms with Crippen molar-refractivity contribution in [3.8, 4) is 0 Å². The van der Waals surface area contributed by atoms with Crippen molar-refractivity contribution < 1.29 is 9.84 Å². The third-order valence-electron chi connectivity index (χ3n) is 2.97. The van der Waals surface area contributed by atoms with Gasteiger partial charge in [-0.1, -0.05) is 37.3 Å². The number of aliphatic hydroxyl groups excluding tert-OH is 1. The summed E-state index contributed by atoms with van der Waals surface area (Å²) in [5, 5.41) is 12.8. The lowest BCUT2D eigenvalue weighted by molar-refractivity contribution is 0.0862. The number of benzene rings is 1. The van der Waals surface area contributed by atoms with Crippen LogP contribution in [0.5, 0.6) is 0 Å². The molecule has 2 N–H and O–H groups in total. The van der Waals surface area contributed by atoms with Crippen LogP contribution in [0.15, 0.2) is 30.3 Å². The molecule has 0 aliphatic heterocycles. The maximum Gasteiger partial charge on any atom is 0.0693 e. The minimum atomic E-state index is -0.277.